The van der Waals surface area contributed by atoms with Gasteiger partial charge in [0.15, 0.2) is 0 Å². The van der Waals surface area contributed by atoms with E-state index in [9.17, 15) is 24.0 Å². The molecular weight excluding hydrogens is 1120 g/mol. The molecule has 2 aromatic carbocycles. The van der Waals surface area contributed by atoms with E-state index in [0.29, 0.717) is 98.7 Å². The molecule has 6 heterocycles. The number of piperidine rings is 1. The first-order valence-electron chi connectivity index (χ1n) is 31.3. The zero-order chi connectivity index (χ0) is 60.6. The quantitative estimate of drug-likeness (QED) is 0.0360. The number of ether oxygens (including phenoxy) is 1. The van der Waals surface area contributed by atoms with Crippen molar-refractivity contribution in [3.8, 4) is 5.75 Å². The van der Waals surface area contributed by atoms with Crippen molar-refractivity contribution >= 4 is 58.1 Å². The Balaban J connectivity index is 0.00000353. The SMILES string of the molecule is CN[C@@H](C)C(=O)N[C@H](C(=O)N1CCC[C@H]1c1nc(C(=O)c2cccc(OCCNC(=O)CN3CCN(CCCNc4cc(N5CCCCN(c6cc(F)c(CN7CCC(C)(C)CC7)cc6F)CC(=O)NCC5)ncn4)CC3)c2)cs1)C1CCCCC1.[HH].[HH].[HH].[HH].[HH]. The predicted octanol–water partition coefficient (Wildman–Crippen LogP) is 7.47. The van der Waals surface area contributed by atoms with Gasteiger partial charge in [-0.25, -0.2) is 23.7 Å². The highest BCUT2D eigenvalue weighted by molar-refractivity contribution is 7.10. The molecule has 1 saturated carbocycles. The number of nitrogens with one attached hydrogen (secondary N) is 5. The molecule has 5 aliphatic rings. The van der Waals surface area contributed by atoms with Gasteiger partial charge in [-0.05, 0) is 121 Å². The Kier molecular flexibility index (Phi) is 23.1. The molecule has 9 rings (SSSR count). The van der Waals surface area contributed by atoms with E-state index in [1.54, 1.807) is 54.8 Å². The number of halogens is 2. The molecular formula is C63H100F2N14O6S. The summed E-state index contributed by atoms with van der Waals surface area (Å²) in [6.45, 7) is 16.5. The van der Waals surface area contributed by atoms with Crippen LogP contribution < -0.4 is 41.1 Å². The molecule has 4 aromatic rings. The summed E-state index contributed by atoms with van der Waals surface area (Å²) in [6.07, 6.45) is 12.5. The molecule has 20 nitrogen and oxygen atoms in total. The Morgan fingerprint density at radius 2 is 1.60 bits per heavy atom. The highest BCUT2D eigenvalue weighted by Gasteiger charge is 2.40. The second-order valence-electron chi connectivity index (χ2n) is 24.7. The maximum atomic E-state index is 15.7. The highest BCUT2D eigenvalue weighted by Crippen LogP contribution is 2.37. The topological polar surface area (TPSA) is 213 Å². The maximum absolute atomic E-state index is 15.7. The van der Waals surface area contributed by atoms with Crippen molar-refractivity contribution in [2.24, 2.45) is 11.3 Å². The van der Waals surface area contributed by atoms with Gasteiger partial charge in [0, 0.05) is 108 Å². The summed E-state index contributed by atoms with van der Waals surface area (Å²) in [5.74, 6) is 0.248. The Labute approximate surface area is 517 Å². The Morgan fingerprint density at radius 1 is 0.837 bits per heavy atom. The van der Waals surface area contributed by atoms with Crippen molar-refractivity contribution in [1.82, 2.24) is 55.8 Å². The lowest BCUT2D eigenvalue weighted by Gasteiger charge is -2.37. The van der Waals surface area contributed by atoms with Crippen LogP contribution in [-0.2, 0) is 25.7 Å². The molecule has 3 atom stereocenters. The van der Waals surface area contributed by atoms with Gasteiger partial charge in [0.2, 0.25) is 29.4 Å². The number of anilines is 3. The molecule has 0 spiro atoms. The first kappa shape index (κ1) is 64.1. The standard InChI is InChI=1S/C63H90F2N14O6S.5H2/c1-44(66-4)60(83)73-58(45-13-6-5-7-14-45)62(84)79-26-11-17-52(79)61-72-51(42-86-61)59(82)46-15-10-16-48(35-46)85-34-22-69-56(80)40-76-32-30-74(31-33-76)23-12-20-67-54-38-55(71-43-70-54)77-24-8-9-25-78(41-57(81)68-21-29-77)53-37-49(64)47(36-50(53)65)39-75-27-18-63(2,3)19-28-75;;;;;/h10,15-16,35-38,42-45,52,58,66H,5-9,11-14,17-34,39-41H2,1-4H3,(H,68,81)(H,69,80)(H,73,83)(H,67,70,71);5*1H/t44-,52-,58-;;;;;/m0...../s1. The van der Waals surface area contributed by atoms with Crippen molar-refractivity contribution < 1.29 is 44.6 Å². The monoisotopic (exact) mass is 1220 g/mol. The minimum atomic E-state index is -0.597. The summed E-state index contributed by atoms with van der Waals surface area (Å²) in [5.41, 5.74) is 1.45. The van der Waals surface area contributed by atoms with Gasteiger partial charge >= 0.3 is 0 Å². The number of thiazole rings is 1. The summed E-state index contributed by atoms with van der Waals surface area (Å²) >= 11 is 1.38. The fourth-order valence-corrected chi connectivity index (χ4v) is 13.3. The third kappa shape index (κ3) is 17.9. The number of carbonyl (C=O) groups is 5. The van der Waals surface area contributed by atoms with Gasteiger partial charge in [-0.15, -0.1) is 11.3 Å². The summed E-state index contributed by atoms with van der Waals surface area (Å²) in [4.78, 5) is 93.4. The summed E-state index contributed by atoms with van der Waals surface area (Å²) < 4.78 is 37.2. The Morgan fingerprint density at radius 3 is 2.38 bits per heavy atom. The van der Waals surface area contributed by atoms with Crippen LogP contribution in [0.25, 0.3) is 0 Å². The van der Waals surface area contributed by atoms with Crippen LogP contribution in [0.3, 0.4) is 0 Å². The molecule has 4 aliphatic heterocycles. The number of hydrogen-bond donors (Lipinski definition) is 5. The lowest BCUT2D eigenvalue weighted by molar-refractivity contribution is -0.139. The number of carbonyl (C=O) groups excluding carboxylic acids is 5. The molecule has 4 amide bonds. The fourth-order valence-electron chi connectivity index (χ4n) is 12.4. The molecule has 0 unspecified atom stereocenters. The average Bonchev–Trinajstić information content (AvgIpc) is 2.61. The molecule has 86 heavy (non-hydrogen) atoms. The average molecular weight is 1220 g/mol. The number of benzene rings is 2. The predicted molar refractivity (Wildman–Crippen MR) is 341 cm³/mol. The molecule has 1 aliphatic carbocycles. The van der Waals surface area contributed by atoms with E-state index in [-0.39, 0.29) is 72.8 Å². The molecule has 5 N–H and O–H groups in total. The molecule has 0 radical (unpaired) electrons. The molecule has 478 valence electrons. The van der Waals surface area contributed by atoms with Crippen molar-refractivity contribution in [1.29, 1.82) is 0 Å². The zero-order valence-electron chi connectivity index (χ0n) is 50.9. The van der Waals surface area contributed by atoms with Crippen molar-refractivity contribution in [2.45, 2.75) is 122 Å². The normalized spacial score (nSPS) is 20.4. The summed E-state index contributed by atoms with van der Waals surface area (Å²) in [5, 5.41) is 17.9. The Bertz CT molecular complexity index is 2940. The number of likely N-dealkylation sites (N-methyl/N-ethyl adjacent to an activating group) is 1. The number of hydrogen-bond acceptors (Lipinski definition) is 17. The minimum Gasteiger partial charge on any atom is -0.492 e. The van der Waals surface area contributed by atoms with Gasteiger partial charge < -0.3 is 50.9 Å². The van der Waals surface area contributed by atoms with E-state index in [2.05, 4.69) is 70.0 Å². The van der Waals surface area contributed by atoms with Crippen LogP contribution >= 0.6 is 11.3 Å². The van der Waals surface area contributed by atoms with Crippen LogP contribution in [0.15, 0.2) is 54.2 Å². The van der Waals surface area contributed by atoms with Gasteiger partial charge in [0.1, 0.15) is 58.7 Å². The summed E-state index contributed by atoms with van der Waals surface area (Å²) in [6, 6.07) is 10.2. The van der Waals surface area contributed by atoms with Crippen LogP contribution in [0.2, 0.25) is 0 Å². The second-order valence-corrected chi connectivity index (χ2v) is 25.6. The van der Waals surface area contributed by atoms with E-state index in [1.807, 2.05) is 11.0 Å². The molecule has 4 saturated heterocycles. The van der Waals surface area contributed by atoms with Crippen LogP contribution in [0, 0.1) is 23.0 Å². The smallest absolute Gasteiger partial charge is 0.246 e. The molecule has 23 heteroatoms. The first-order chi connectivity index (χ1) is 41.6. The van der Waals surface area contributed by atoms with E-state index in [1.165, 1.54) is 23.5 Å². The number of likely N-dealkylation sites (tertiary alicyclic amines) is 2. The van der Waals surface area contributed by atoms with Crippen molar-refractivity contribution in [2.75, 3.05) is 133 Å². The number of amides is 4. The van der Waals surface area contributed by atoms with Crippen molar-refractivity contribution in [3.63, 3.8) is 0 Å². The van der Waals surface area contributed by atoms with Gasteiger partial charge in [-0.3, -0.25) is 33.8 Å². The van der Waals surface area contributed by atoms with Crippen LogP contribution in [-0.4, -0.2) is 194 Å². The lowest BCUT2D eigenvalue weighted by atomic mass is 9.82. The van der Waals surface area contributed by atoms with E-state index < -0.39 is 23.7 Å². The molecule has 2 aromatic heterocycles. The molecule has 5 fully saturated rings. The lowest BCUT2D eigenvalue weighted by Crippen LogP contribution is -2.55. The fraction of sp³-hybridized carbons (Fsp3) is 0.619. The maximum Gasteiger partial charge on any atom is 0.246 e. The van der Waals surface area contributed by atoms with Crippen LogP contribution in [0.1, 0.15) is 138 Å². The van der Waals surface area contributed by atoms with Crippen LogP contribution in [0.5, 0.6) is 5.75 Å². The number of rotatable bonds is 23. The van der Waals surface area contributed by atoms with Gasteiger partial charge in [0.05, 0.1) is 37.4 Å². The van der Waals surface area contributed by atoms with E-state index in [4.69, 9.17) is 9.72 Å². The third-order valence-electron chi connectivity index (χ3n) is 17.8. The first-order valence-corrected chi connectivity index (χ1v) is 32.2. The number of piperazine rings is 1. The minimum absolute atomic E-state index is 0. The van der Waals surface area contributed by atoms with Gasteiger partial charge in [-0.2, -0.15) is 0 Å². The number of nitrogens with zero attached hydrogens (tertiary/aromatic N) is 9. The second kappa shape index (κ2) is 31.0. The van der Waals surface area contributed by atoms with E-state index >= 15 is 8.78 Å². The summed E-state index contributed by atoms with van der Waals surface area (Å²) in [7, 11) is 1.73. The Hall–Kier alpha value is -6.40. The van der Waals surface area contributed by atoms with Gasteiger partial charge in [0.25, 0.3) is 0 Å². The largest absolute Gasteiger partial charge is 0.492 e. The van der Waals surface area contributed by atoms with Gasteiger partial charge in [-0.1, -0.05) is 45.2 Å². The zero-order valence-corrected chi connectivity index (χ0v) is 51.7. The van der Waals surface area contributed by atoms with E-state index in [0.717, 1.165) is 122 Å². The number of aromatic nitrogens is 3. The third-order valence-corrected chi connectivity index (χ3v) is 18.8. The van der Waals surface area contributed by atoms with Crippen molar-refractivity contribution in [3.05, 3.63) is 87.6 Å². The highest BCUT2D eigenvalue weighted by atomic mass is 32.1. The van der Waals surface area contributed by atoms with Crippen LogP contribution in [0.4, 0.5) is 26.1 Å². The molecule has 0 bridgehead atoms. The number of ketones is 1.